The van der Waals surface area contributed by atoms with Gasteiger partial charge in [-0.2, -0.15) is 0 Å². The maximum atomic E-state index is 13.1. The molecule has 0 aliphatic heterocycles. The van der Waals surface area contributed by atoms with Crippen molar-refractivity contribution in [1.82, 2.24) is 18.7 Å². The summed E-state index contributed by atoms with van der Waals surface area (Å²) in [6.07, 6.45) is 5.29. The van der Waals surface area contributed by atoms with Crippen LogP contribution in [0, 0.1) is 0 Å². The molecule has 0 aliphatic rings. The number of rotatable bonds is 4. The molecule has 0 spiro atoms. The number of hydrogen-bond donors (Lipinski definition) is 0. The molecule has 0 N–H and O–H groups in total. The van der Waals surface area contributed by atoms with E-state index in [1.165, 1.54) is 3.97 Å². The fourth-order valence-electron chi connectivity index (χ4n) is 3.28. The molecule has 6 nitrogen and oxygen atoms in total. The quantitative estimate of drug-likeness (QED) is 0.394. The molecule has 0 unspecified atom stereocenters. The first-order valence-electron chi connectivity index (χ1n) is 9.26. The van der Waals surface area contributed by atoms with Gasteiger partial charge in [0.05, 0.1) is 0 Å². The fraction of sp³-hybridized carbons (Fsp3) is 0.238. The van der Waals surface area contributed by atoms with E-state index in [1.807, 2.05) is 30.1 Å². The summed E-state index contributed by atoms with van der Waals surface area (Å²) in [4.78, 5) is 4.64. The van der Waals surface area contributed by atoms with Gasteiger partial charge in [-0.15, -0.1) is 0 Å². The molecular formula is C21H22N4O2SSn. The molecule has 3 heterocycles. The fourth-order valence-corrected chi connectivity index (χ4v) is 8.18. The summed E-state index contributed by atoms with van der Waals surface area (Å²) in [5, 5.41) is 5.54. The monoisotopic (exact) mass is 514 g/mol. The molecule has 0 bridgehead atoms. The number of benzene rings is 1. The molecule has 0 aliphatic carbocycles. The molecule has 0 atom stereocenters. The molecule has 4 rings (SSSR count). The summed E-state index contributed by atoms with van der Waals surface area (Å²) in [6, 6.07) is 12.2. The Kier molecular flexibility index (Phi) is 5.06. The van der Waals surface area contributed by atoms with Crippen molar-refractivity contribution < 1.29 is 8.42 Å². The SMILES string of the molecule is Cn1cc(-c2ccnc3c2ccn3S(=O)(=O)c2ccccc2)[c]([Sn][C](C)(C)C)n1. The van der Waals surface area contributed by atoms with Gasteiger partial charge in [0.2, 0.25) is 0 Å². The van der Waals surface area contributed by atoms with Gasteiger partial charge in [0.25, 0.3) is 0 Å². The third-order valence-corrected chi connectivity index (χ3v) is 10.0. The van der Waals surface area contributed by atoms with E-state index in [9.17, 15) is 8.42 Å². The zero-order valence-corrected chi connectivity index (χ0v) is 20.5. The number of aryl methyl sites for hydroxylation is 1. The molecular weight excluding hydrogens is 491 g/mol. The summed E-state index contributed by atoms with van der Waals surface area (Å²) in [5.74, 6) is 0. The molecule has 0 saturated carbocycles. The second-order valence-electron chi connectivity index (χ2n) is 7.97. The Hall–Kier alpha value is -2.13. The number of nitrogens with zero attached hydrogens (tertiary/aromatic N) is 4. The van der Waals surface area contributed by atoms with Crippen molar-refractivity contribution in [3.8, 4) is 11.1 Å². The Morgan fingerprint density at radius 1 is 1.00 bits per heavy atom. The number of pyridine rings is 1. The second-order valence-corrected chi connectivity index (χ2v) is 16.1. The van der Waals surface area contributed by atoms with Crippen LogP contribution in [0.3, 0.4) is 0 Å². The standard InChI is InChI=1S/C17H13N4O2S.C4H9.Sn/c1-20-12-13(11-19-20)15-7-9-18-17-16(15)8-10-21(17)24(22,23)14-5-3-2-4-6-14;1-4(2)3;/h2-10,12H,1H3;1-3H3;. The van der Waals surface area contributed by atoms with Crippen molar-refractivity contribution in [3.05, 3.63) is 61.1 Å². The molecule has 8 heteroatoms. The first-order valence-corrected chi connectivity index (χ1v) is 13.6. The van der Waals surface area contributed by atoms with Gasteiger partial charge in [0, 0.05) is 0 Å². The van der Waals surface area contributed by atoms with Crippen LogP contribution in [0.15, 0.2) is 66.0 Å². The Balaban J connectivity index is 1.89. The van der Waals surface area contributed by atoms with E-state index in [-0.39, 0.29) is 8.33 Å². The average molecular weight is 513 g/mol. The van der Waals surface area contributed by atoms with Crippen molar-refractivity contribution in [2.24, 2.45) is 7.05 Å². The van der Waals surface area contributed by atoms with Crippen LogP contribution in [-0.2, 0) is 17.1 Å². The van der Waals surface area contributed by atoms with Crippen molar-refractivity contribution >= 4 is 45.9 Å². The molecule has 0 saturated heterocycles. The molecule has 4 aromatic rings. The van der Waals surface area contributed by atoms with E-state index in [2.05, 4.69) is 25.8 Å². The van der Waals surface area contributed by atoms with Crippen LogP contribution in [0.5, 0.6) is 0 Å². The zero-order valence-electron chi connectivity index (χ0n) is 16.8. The number of hydrogen-bond acceptors (Lipinski definition) is 4. The Labute approximate surface area is 180 Å². The topological polar surface area (TPSA) is 69.8 Å². The molecule has 148 valence electrons. The van der Waals surface area contributed by atoms with Gasteiger partial charge in [0.15, 0.2) is 0 Å². The zero-order chi connectivity index (χ0) is 20.8. The normalized spacial score (nSPS) is 12.6. The Morgan fingerprint density at radius 3 is 2.41 bits per heavy atom. The number of fused-ring (bicyclic) bond motifs is 1. The first kappa shape index (κ1) is 20.2. The molecule has 0 fully saturated rings. The summed E-state index contributed by atoms with van der Waals surface area (Å²) in [6.45, 7) is 6.76. The van der Waals surface area contributed by atoms with Crippen LogP contribution >= 0.6 is 0 Å². The van der Waals surface area contributed by atoms with Crippen LogP contribution in [0.1, 0.15) is 20.8 Å². The molecule has 2 radical (unpaired) electrons. The van der Waals surface area contributed by atoms with Gasteiger partial charge in [-0.25, -0.2) is 0 Å². The minimum atomic E-state index is -3.71. The molecule has 0 amide bonds. The summed E-state index contributed by atoms with van der Waals surface area (Å²) < 4.78 is 30.8. The maximum absolute atomic E-state index is 13.1. The summed E-state index contributed by atoms with van der Waals surface area (Å²) in [7, 11) is -1.78. The average Bonchev–Trinajstić information content (AvgIpc) is 3.24. The Morgan fingerprint density at radius 2 is 1.72 bits per heavy atom. The van der Waals surface area contributed by atoms with Crippen molar-refractivity contribution in [2.75, 3.05) is 0 Å². The summed E-state index contributed by atoms with van der Waals surface area (Å²) in [5.41, 5.74) is 2.49. The van der Waals surface area contributed by atoms with Gasteiger partial charge in [-0.3, -0.25) is 0 Å². The van der Waals surface area contributed by atoms with Crippen LogP contribution in [0.25, 0.3) is 22.2 Å². The molecule has 1 aromatic carbocycles. The van der Waals surface area contributed by atoms with Crippen LogP contribution in [0.4, 0.5) is 0 Å². The number of aromatic nitrogens is 4. The van der Waals surface area contributed by atoms with Gasteiger partial charge >= 0.3 is 181 Å². The van der Waals surface area contributed by atoms with E-state index in [0.29, 0.717) is 5.65 Å². The van der Waals surface area contributed by atoms with E-state index >= 15 is 0 Å². The van der Waals surface area contributed by atoms with Crippen LogP contribution < -0.4 is 3.71 Å². The van der Waals surface area contributed by atoms with Crippen molar-refractivity contribution in [2.45, 2.75) is 29.1 Å². The van der Waals surface area contributed by atoms with Gasteiger partial charge in [0.1, 0.15) is 0 Å². The predicted molar refractivity (Wildman–Crippen MR) is 116 cm³/mol. The molecule has 3 aromatic heterocycles. The first-order chi connectivity index (χ1) is 13.7. The summed E-state index contributed by atoms with van der Waals surface area (Å²) >= 11 is -0.955. The molecule has 29 heavy (non-hydrogen) atoms. The van der Waals surface area contributed by atoms with Gasteiger partial charge in [-0.05, 0) is 0 Å². The minimum absolute atomic E-state index is 0.244. The van der Waals surface area contributed by atoms with Crippen molar-refractivity contribution in [3.63, 3.8) is 0 Å². The second kappa shape index (κ2) is 7.28. The predicted octanol–water partition coefficient (Wildman–Crippen LogP) is 3.22. The van der Waals surface area contributed by atoms with Gasteiger partial charge in [-0.1, -0.05) is 0 Å². The van der Waals surface area contributed by atoms with E-state index in [1.54, 1.807) is 42.7 Å². The van der Waals surface area contributed by atoms with Crippen LogP contribution in [-0.4, -0.2) is 48.3 Å². The van der Waals surface area contributed by atoms with Gasteiger partial charge < -0.3 is 0 Å². The third kappa shape index (κ3) is 3.85. The Bertz CT molecular complexity index is 1290. The van der Waals surface area contributed by atoms with E-state index in [0.717, 1.165) is 20.2 Å². The third-order valence-electron chi connectivity index (χ3n) is 4.47. The van der Waals surface area contributed by atoms with E-state index < -0.39 is 31.2 Å². The van der Waals surface area contributed by atoms with Crippen molar-refractivity contribution in [1.29, 1.82) is 0 Å². The van der Waals surface area contributed by atoms with E-state index in [4.69, 9.17) is 5.10 Å². The van der Waals surface area contributed by atoms with Crippen LogP contribution in [0.2, 0.25) is 3.43 Å².